The maximum atomic E-state index is 11.8. The first kappa shape index (κ1) is 29.3. The Bertz CT molecular complexity index is 1100. The molecule has 0 unspecified atom stereocenters. The number of hydrogen-bond acceptors (Lipinski definition) is 2. The number of benzene rings is 2. The molecule has 2 fully saturated rings. The fraction of sp³-hybridized carbons (Fsp3) is 0.480. The predicted molar refractivity (Wildman–Crippen MR) is 153 cm³/mol. The number of nitrogens with zero attached hydrogens (tertiary/aromatic N) is 1. The van der Waals surface area contributed by atoms with Crippen molar-refractivity contribution in [1.82, 2.24) is 10.2 Å². The molecule has 2 saturated carbocycles. The highest BCUT2D eigenvalue weighted by atomic mass is 79.9. The van der Waals surface area contributed by atoms with Crippen molar-refractivity contribution < 1.29 is 9.90 Å². The van der Waals surface area contributed by atoms with Gasteiger partial charge in [0.05, 0.1) is 32.2 Å². The lowest BCUT2D eigenvalue weighted by molar-refractivity contribution is 0.0630. The van der Waals surface area contributed by atoms with Gasteiger partial charge in [0.2, 0.25) is 0 Å². The summed E-state index contributed by atoms with van der Waals surface area (Å²) in [7, 11) is 0. The van der Waals surface area contributed by atoms with Crippen LogP contribution in [0.25, 0.3) is 0 Å². The predicted octanol–water partition coefficient (Wildman–Crippen LogP) is 9.82. The topological polar surface area (TPSA) is 52.6 Å². The Morgan fingerprint density at radius 1 is 1.00 bits per heavy atom. The zero-order chi connectivity index (χ0) is 26.1. The second-order valence-electron chi connectivity index (χ2n) is 10.0. The molecule has 2 aromatic rings. The van der Waals surface area contributed by atoms with Crippen molar-refractivity contribution in [3.8, 4) is 0 Å². The van der Waals surface area contributed by atoms with Crippen molar-refractivity contribution in [2.45, 2.75) is 71.1 Å². The average Bonchev–Trinajstić information content (AvgIpc) is 3.65. The van der Waals surface area contributed by atoms with E-state index >= 15 is 0 Å². The van der Waals surface area contributed by atoms with E-state index in [1.807, 2.05) is 18.2 Å². The van der Waals surface area contributed by atoms with Crippen LogP contribution in [0.1, 0.15) is 57.6 Å². The molecular formula is C25H28Br2Cl4N2O2. The lowest BCUT2D eigenvalue weighted by Crippen LogP contribution is -2.48. The van der Waals surface area contributed by atoms with E-state index in [0.29, 0.717) is 31.7 Å². The van der Waals surface area contributed by atoms with E-state index in [1.54, 1.807) is 6.07 Å². The molecule has 0 atom stereocenters. The largest absolute Gasteiger partial charge is 0.465 e. The molecule has 0 spiro atoms. The molecule has 192 valence electrons. The van der Waals surface area contributed by atoms with Crippen molar-refractivity contribution in [3.63, 3.8) is 0 Å². The summed E-state index contributed by atoms with van der Waals surface area (Å²) < 4.78 is 1.76. The number of halogens is 6. The molecular weight excluding hydrogens is 662 g/mol. The van der Waals surface area contributed by atoms with Crippen LogP contribution in [0.15, 0.2) is 33.2 Å². The van der Waals surface area contributed by atoms with E-state index in [9.17, 15) is 9.90 Å². The number of hydrogen-bond donors (Lipinski definition) is 2. The van der Waals surface area contributed by atoms with Crippen LogP contribution in [0, 0.1) is 5.41 Å². The van der Waals surface area contributed by atoms with E-state index in [0.717, 1.165) is 33.9 Å². The highest BCUT2D eigenvalue weighted by molar-refractivity contribution is 9.10. The molecule has 2 aliphatic carbocycles. The molecule has 0 heterocycles. The Morgan fingerprint density at radius 3 is 1.91 bits per heavy atom. The standard InChI is InChI=1S/C15H18BrCl2NO2.C10H10BrCl2N/c1-14(2,3)15(4-5-15)19(13(20)21)8-9-6-10(16)7-11(17)12(9)18;11-7-3-6(5-14-8-1-2-8)10(13)9(12)4-7/h6-7H,4-5,8H2,1-3H3,(H,20,21);3-4,8,14H,1-2,5H2. The van der Waals surface area contributed by atoms with Gasteiger partial charge in [-0.15, -0.1) is 0 Å². The zero-order valence-electron chi connectivity index (χ0n) is 19.7. The molecule has 0 saturated heterocycles. The van der Waals surface area contributed by atoms with Crippen LogP contribution < -0.4 is 5.32 Å². The number of carboxylic acid groups (broad SMARTS) is 1. The highest BCUT2D eigenvalue weighted by Gasteiger charge is 2.58. The maximum Gasteiger partial charge on any atom is 0.408 e. The lowest BCUT2D eigenvalue weighted by Gasteiger charge is -2.39. The van der Waals surface area contributed by atoms with Gasteiger partial charge in [-0.05, 0) is 66.5 Å². The molecule has 2 N–H and O–H groups in total. The summed E-state index contributed by atoms with van der Waals surface area (Å²) in [5.41, 5.74) is 1.33. The van der Waals surface area contributed by atoms with Gasteiger partial charge in [-0.3, -0.25) is 4.90 Å². The van der Waals surface area contributed by atoms with Gasteiger partial charge in [-0.2, -0.15) is 0 Å². The Hall–Kier alpha value is -0.210. The lowest BCUT2D eigenvalue weighted by atomic mass is 9.83. The van der Waals surface area contributed by atoms with Gasteiger partial charge in [0.15, 0.2) is 0 Å². The van der Waals surface area contributed by atoms with Crippen LogP contribution >= 0.6 is 78.3 Å². The number of nitrogens with one attached hydrogen (secondary N) is 1. The second-order valence-corrected chi connectivity index (χ2v) is 13.4. The van der Waals surface area contributed by atoms with E-state index in [1.165, 1.54) is 17.7 Å². The smallest absolute Gasteiger partial charge is 0.408 e. The van der Waals surface area contributed by atoms with Crippen LogP contribution in [0.5, 0.6) is 0 Å². The number of rotatable bonds is 6. The zero-order valence-corrected chi connectivity index (χ0v) is 25.9. The fourth-order valence-electron chi connectivity index (χ4n) is 4.12. The molecule has 1 amide bonds. The van der Waals surface area contributed by atoms with Gasteiger partial charge < -0.3 is 10.4 Å². The molecule has 2 aliphatic rings. The molecule has 4 nitrogen and oxygen atoms in total. The minimum absolute atomic E-state index is 0.117. The van der Waals surface area contributed by atoms with Gasteiger partial charge in [0.1, 0.15) is 0 Å². The van der Waals surface area contributed by atoms with Crippen molar-refractivity contribution in [3.05, 3.63) is 64.4 Å². The molecule has 0 aliphatic heterocycles. The minimum atomic E-state index is -0.922. The second kappa shape index (κ2) is 11.7. The van der Waals surface area contributed by atoms with Crippen molar-refractivity contribution in [2.24, 2.45) is 5.41 Å². The van der Waals surface area contributed by atoms with Gasteiger partial charge in [-0.1, -0.05) is 99.0 Å². The van der Waals surface area contributed by atoms with Crippen molar-refractivity contribution >= 4 is 84.4 Å². The Labute approximate surface area is 243 Å². The minimum Gasteiger partial charge on any atom is -0.465 e. The Kier molecular flexibility index (Phi) is 9.79. The van der Waals surface area contributed by atoms with Crippen LogP contribution in [-0.2, 0) is 13.1 Å². The molecule has 0 radical (unpaired) electrons. The summed E-state index contributed by atoms with van der Waals surface area (Å²) in [5, 5.41) is 15.1. The Balaban J connectivity index is 0.000000211. The van der Waals surface area contributed by atoms with Crippen LogP contribution in [0.4, 0.5) is 4.79 Å². The third-order valence-electron chi connectivity index (χ3n) is 6.49. The highest BCUT2D eigenvalue weighted by Crippen LogP contribution is 2.55. The monoisotopic (exact) mass is 686 g/mol. The third kappa shape index (κ3) is 7.43. The summed E-state index contributed by atoms with van der Waals surface area (Å²) in [6, 6.07) is 8.02. The molecule has 2 aromatic carbocycles. The van der Waals surface area contributed by atoms with Crippen LogP contribution in [-0.4, -0.2) is 27.7 Å². The molecule has 0 bridgehead atoms. The number of carbonyl (C=O) groups is 1. The normalized spacial score (nSPS) is 16.4. The molecule has 4 rings (SSSR count). The summed E-state index contributed by atoms with van der Waals surface area (Å²) in [6.07, 6.45) is 3.39. The van der Waals surface area contributed by atoms with Gasteiger partial charge >= 0.3 is 6.09 Å². The quantitative estimate of drug-likeness (QED) is 0.297. The van der Waals surface area contributed by atoms with Crippen molar-refractivity contribution in [1.29, 1.82) is 0 Å². The maximum absolute atomic E-state index is 11.8. The van der Waals surface area contributed by atoms with E-state index in [-0.39, 0.29) is 17.5 Å². The van der Waals surface area contributed by atoms with Gasteiger partial charge in [-0.25, -0.2) is 4.79 Å². The van der Waals surface area contributed by atoms with Gasteiger partial charge in [0, 0.05) is 21.5 Å². The number of amides is 1. The molecule has 0 aromatic heterocycles. The molecule has 10 heteroatoms. The summed E-state index contributed by atoms with van der Waals surface area (Å²) in [5.74, 6) is 0. The molecule has 35 heavy (non-hydrogen) atoms. The fourth-order valence-corrected chi connectivity index (χ4v) is 6.22. The summed E-state index contributed by atoms with van der Waals surface area (Å²) in [6.45, 7) is 7.26. The van der Waals surface area contributed by atoms with Gasteiger partial charge in [0.25, 0.3) is 0 Å². The first-order valence-corrected chi connectivity index (χ1v) is 14.4. The summed E-state index contributed by atoms with van der Waals surface area (Å²) >= 11 is 31.1. The van der Waals surface area contributed by atoms with Crippen LogP contribution in [0.2, 0.25) is 20.1 Å². The first-order valence-electron chi connectivity index (χ1n) is 11.3. The average molecular weight is 690 g/mol. The third-order valence-corrected chi connectivity index (χ3v) is 9.09. The van der Waals surface area contributed by atoms with E-state index in [2.05, 4.69) is 57.9 Å². The van der Waals surface area contributed by atoms with E-state index in [4.69, 9.17) is 46.4 Å². The Morgan fingerprint density at radius 2 is 1.49 bits per heavy atom. The van der Waals surface area contributed by atoms with E-state index < -0.39 is 6.09 Å². The first-order chi connectivity index (χ1) is 16.2. The summed E-state index contributed by atoms with van der Waals surface area (Å²) in [4.78, 5) is 13.3. The van der Waals surface area contributed by atoms with Crippen molar-refractivity contribution in [2.75, 3.05) is 0 Å². The SMILES string of the molecule is CC(C)(C)C1(N(Cc2cc(Br)cc(Cl)c2Cl)C(=O)O)CC1.Clc1cc(Br)cc(CNC2CC2)c1Cl. The van der Waals surface area contributed by atoms with Crippen LogP contribution in [0.3, 0.4) is 0 Å².